The van der Waals surface area contributed by atoms with Gasteiger partial charge in [0, 0.05) is 10.4 Å². The Balaban J connectivity index is 1.46. The molecule has 4 nitrogen and oxygen atoms in total. The summed E-state index contributed by atoms with van der Waals surface area (Å²) in [4.78, 5) is 14.9. The summed E-state index contributed by atoms with van der Waals surface area (Å²) in [6.07, 6.45) is 1.86. The number of hydrogen-bond donors (Lipinski definition) is 1. The first-order chi connectivity index (χ1) is 14.6. The van der Waals surface area contributed by atoms with Gasteiger partial charge in [-0.2, -0.15) is 5.10 Å². The highest BCUT2D eigenvalue weighted by molar-refractivity contribution is 7.17. The second-order valence-corrected chi connectivity index (χ2v) is 8.78. The predicted octanol–water partition coefficient (Wildman–Crippen LogP) is 5.50. The summed E-state index contributed by atoms with van der Waals surface area (Å²) in [5.41, 5.74) is 6.88. The number of carbonyl (C=O) groups excluding carboxylic acids is 1. The number of carbonyl (C=O) groups is 1. The van der Waals surface area contributed by atoms with Gasteiger partial charge in [-0.05, 0) is 56.0 Å². The summed E-state index contributed by atoms with van der Waals surface area (Å²) in [5, 5.41) is 7.97. The molecule has 0 fully saturated rings. The van der Waals surface area contributed by atoms with Crippen molar-refractivity contribution in [2.24, 2.45) is 0 Å². The molecule has 30 heavy (non-hydrogen) atoms. The van der Waals surface area contributed by atoms with Crippen LogP contribution in [0, 0.1) is 6.92 Å². The van der Waals surface area contributed by atoms with E-state index in [1.54, 1.807) is 11.3 Å². The average molecular weight is 414 g/mol. The highest BCUT2D eigenvalue weighted by Crippen LogP contribution is 2.42. The molecule has 1 amide bonds. The van der Waals surface area contributed by atoms with Gasteiger partial charge in [-0.25, -0.2) is 4.68 Å². The third-order valence-electron chi connectivity index (χ3n) is 5.69. The first-order valence-electron chi connectivity index (χ1n) is 10.2. The molecule has 0 saturated carbocycles. The summed E-state index contributed by atoms with van der Waals surface area (Å²) in [6, 6.07) is 22.4. The maximum atomic E-state index is 12.9. The summed E-state index contributed by atoms with van der Waals surface area (Å²) in [7, 11) is 0. The zero-order valence-electron chi connectivity index (χ0n) is 17.1. The first kappa shape index (κ1) is 18.8. The number of aromatic nitrogens is 2. The van der Waals surface area contributed by atoms with Crippen LogP contribution in [-0.4, -0.2) is 15.7 Å². The fourth-order valence-corrected chi connectivity index (χ4v) is 5.40. The molecule has 0 spiro atoms. The number of hydrogen-bond acceptors (Lipinski definition) is 3. The largest absolute Gasteiger partial charge is 0.345 e. The Morgan fingerprint density at radius 1 is 1.07 bits per heavy atom. The molecule has 0 radical (unpaired) electrons. The minimum atomic E-state index is -0.0315. The predicted molar refractivity (Wildman–Crippen MR) is 121 cm³/mol. The molecule has 5 rings (SSSR count). The lowest BCUT2D eigenvalue weighted by molar-refractivity contribution is 0.0944. The zero-order chi connectivity index (χ0) is 20.7. The van der Waals surface area contributed by atoms with Crippen LogP contribution in [0.1, 0.15) is 45.2 Å². The lowest BCUT2D eigenvalue weighted by Gasteiger charge is -2.14. The van der Waals surface area contributed by atoms with E-state index in [2.05, 4.69) is 35.1 Å². The van der Waals surface area contributed by atoms with Crippen LogP contribution >= 0.6 is 11.3 Å². The number of amides is 1. The second kappa shape index (κ2) is 7.58. The van der Waals surface area contributed by atoms with Crippen LogP contribution in [0.2, 0.25) is 0 Å². The van der Waals surface area contributed by atoms with Gasteiger partial charge in [-0.15, -0.1) is 11.3 Å². The normalized spacial score (nSPS) is 13.4. The summed E-state index contributed by atoms with van der Waals surface area (Å²) in [6.45, 7) is 4.08. The van der Waals surface area contributed by atoms with Crippen molar-refractivity contribution in [2.45, 2.75) is 32.7 Å². The molecule has 4 aromatic rings. The first-order valence-corrected chi connectivity index (χ1v) is 11.1. The summed E-state index contributed by atoms with van der Waals surface area (Å²) >= 11 is 1.58. The third-order valence-corrected chi connectivity index (χ3v) is 6.89. The quantitative estimate of drug-likeness (QED) is 0.480. The molecule has 1 N–H and O–H groups in total. The van der Waals surface area contributed by atoms with Gasteiger partial charge in [0.15, 0.2) is 0 Å². The minimum absolute atomic E-state index is 0.0135. The number of fused-ring (bicyclic) bond motifs is 3. The molecule has 1 unspecified atom stereocenters. The fourth-order valence-electron chi connectivity index (χ4n) is 4.17. The van der Waals surface area contributed by atoms with Gasteiger partial charge in [0.2, 0.25) is 0 Å². The van der Waals surface area contributed by atoms with Crippen LogP contribution in [0.25, 0.3) is 16.1 Å². The molecule has 0 saturated heterocycles. The van der Waals surface area contributed by atoms with Crippen molar-refractivity contribution in [2.75, 3.05) is 0 Å². The Labute approximate surface area is 180 Å². The molecular weight excluding hydrogens is 390 g/mol. The minimum Gasteiger partial charge on any atom is -0.345 e. The van der Waals surface area contributed by atoms with Gasteiger partial charge in [0.05, 0.1) is 28.0 Å². The Morgan fingerprint density at radius 2 is 1.77 bits per heavy atom. The van der Waals surface area contributed by atoms with E-state index < -0.39 is 0 Å². The Morgan fingerprint density at radius 3 is 2.50 bits per heavy atom. The van der Waals surface area contributed by atoms with Crippen LogP contribution in [0.15, 0.2) is 66.7 Å². The standard InChI is InChI=1S/C25H23N3OS/c1-16(18-9-5-3-6-10-18)26-25(29)22-15-19-13-14-21-23(24(19)30-22)17(2)27-28(21)20-11-7-4-8-12-20/h3-12,15-16H,13-14H2,1-2H3,(H,26,29). The van der Waals surface area contributed by atoms with Gasteiger partial charge in [-0.1, -0.05) is 48.5 Å². The third kappa shape index (κ3) is 3.25. The molecule has 2 aromatic heterocycles. The SMILES string of the molecule is Cc1nn(-c2ccccc2)c2c1-c1sc(C(=O)NC(C)c3ccccc3)cc1CC2. The molecule has 2 aromatic carbocycles. The number of nitrogens with one attached hydrogen (secondary N) is 1. The maximum absolute atomic E-state index is 12.9. The van der Waals surface area contributed by atoms with Gasteiger partial charge in [0.25, 0.3) is 5.91 Å². The molecule has 5 heteroatoms. The molecule has 2 heterocycles. The van der Waals surface area contributed by atoms with E-state index in [0.717, 1.165) is 34.7 Å². The van der Waals surface area contributed by atoms with E-state index in [4.69, 9.17) is 5.10 Å². The number of thiophene rings is 1. The lowest BCUT2D eigenvalue weighted by atomic mass is 9.95. The molecule has 1 aliphatic carbocycles. The number of rotatable bonds is 4. The Hall–Kier alpha value is -3.18. The molecule has 1 aliphatic rings. The van der Waals surface area contributed by atoms with Crippen LogP contribution in [-0.2, 0) is 12.8 Å². The van der Waals surface area contributed by atoms with Crippen LogP contribution in [0.5, 0.6) is 0 Å². The van der Waals surface area contributed by atoms with E-state index >= 15 is 0 Å². The van der Waals surface area contributed by atoms with E-state index in [0.29, 0.717) is 0 Å². The van der Waals surface area contributed by atoms with E-state index in [1.807, 2.05) is 55.5 Å². The highest BCUT2D eigenvalue weighted by atomic mass is 32.1. The highest BCUT2D eigenvalue weighted by Gasteiger charge is 2.28. The monoisotopic (exact) mass is 413 g/mol. The Kier molecular flexibility index (Phi) is 4.75. The summed E-state index contributed by atoms with van der Waals surface area (Å²) < 4.78 is 2.06. The van der Waals surface area contributed by atoms with Crippen molar-refractivity contribution < 1.29 is 4.79 Å². The molecule has 150 valence electrons. The number of para-hydroxylation sites is 1. The van der Waals surface area contributed by atoms with Crippen LogP contribution in [0.4, 0.5) is 0 Å². The van der Waals surface area contributed by atoms with Crippen LogP contribution in [0.3, 0.4) is 0 Å². The second-order valence-electron chi connectivity index (χ2n) is 7.73. The van der Waals surface area contributed by atoms with Gasteiger partial charge in [0.1, 0.15) is 0 Å². The van der Waals surface area contributed by atoms with Gasteiger partial charge >= 0.3 is 0 Å². The maximum Gasteiger partial charge on any atom is 0.261 e. The number of nitrogens with zero attached hydrogens (tertiary/aromatic N) is 2. The van der Waals surface area contributed by atoms with Gasteiger partial charge < -0.3 is 5.32 Å². The summed E-state index contributed by atoms with van der Waals surface area (Å²) in [5.74, 6) is -0.0135. The van der Waals surface area contributed by atoms with E-state index in [1.165, 1.54) is 21.7 Å². The number of aryl methyl sites for hydroxylation is 2. The molecule has 0 bridgehead atoms. The van der Waals surface area contributed by atoms with Crippen LogP contribution < -0.4 is 5.32 Å². The van der Waals surface area contributed by atoms with E-state index in [9.17, 15) is 4.79 Å². The molecule has 1 atom stereocenters. The van der Waals surface area contributed by atoms with Crippen molar-refractivity contribution in [3.8, 4) is 16.1 Å². The average Bonchev–Trinajstić information content (AvgIpc) is 3.36. The van der Waals surface area contributed by atoms with Gasteiger partial charge in [-0.3, -0.25) is 4.79 Å². The topological polar surface area (TPSA) is 46.9 Å². The molecular formula is C25H23N3OS. The van der Waals surface area contributed by atoms with E-state index in [-0.39, 0.29) is 11.9 Å². The van der Waals surface area contributed by atoms with Crippen molar-refractivity contribution in [1.82, 2.24) is 15.1 Å². The Bertz CT molecular complexity index is 1210. The van der Waals surface area contributed by atoms with Crippen molar-refractivity contribution in [3.63, 3.8) is 0 Å². The fraction of sp³-hybridized carbons (Fsp3) is 0.200. The zero-order valence-corrected chi connectivity index (χ0v) is 17.9. The van der Waals surface area contributed by atoms with Crippen molar-refractivity contribution >= 4 is 17.2 Å². The smallest absolute Gasteiger partial charge is 0.261 e. The number of benzene rings is 2. The van der Waals surface area contributed by atoms with Crippen molar-refractivity contribution in [1.29, 1.82) is 0 Å². The van der Waals surface area contributed by atoms with Crippen molar-refractivity contribution in [3.05, 3.63) is 94.1 Å². The lowest BCUT2D eigenvalue weighted by Crippen LogP contribution is -2.25. The molecule has 0 aliphatic heterocycles.